The summed E-state index contributed by atoms with van der Waals surface area (Å²) in [6.45, 7) is 1.79. The van der Waals surface area contributed by atoms with Gasteiger partial charge in [-0.25, -0.2) is 4.39 Å². The van der Waals surface area contributed by atoms with Crippen molar-refractivity contribution in [2.45, 2.75) is 19.4 Å². The van der Waals surface area contributed by atoms with Crippen LogP contribution in [0.25, 0.3) is 0 Å². The van der Waals surface area contributed by atoms with Crippen molar-refractivity contribution in [2.75, 3.05) is 0 Å². The first-order valence-electron chi connectivity index (χ1n) is 3.07. The number of hydrogen-bond donors (Lipinski definition) is 1. The summed E-state index contributed by atoms with van der Waals surface area (Å²) in [7, 11) is 0. The number of allylic oxidation sites excluding steroid dienone is 2. The summed E-state index contributed by atoms with van der Waals surface area (Å²) in [6, 6.07) is -0.149. The van der Waals surface area contributed by atoms with E-state index in [0.717, 1.165) is 0 Å². The maximum Gasteiger partial charge on any atom is 0.118 e. The zero-order valence-corrected chi connectivity index (χ0v) is 5.39. The van der Waals surface area contributed by atoms with Gasteiger partial charge in [0.25, 0.3) is 0 Å². The number of rotatable bonds is 0. The smallest absolute Gasteiger partial charge is 0.118 e. The molecule has 0 saturated carbocycles. The van der Waals surface area contributed by atoms with E-state index in [0.29, 0.717) is 6.42 Å². The maximum atomic E-state index is 12.6. The predicted molar refractivity (Wildman–Crippen MR) is 35.5 cm³/mol. The van der Waals surface area contributed by atoms with Gasteiger partial charge < -0.3 is 5.32 Å². The summed E-state index contributed by atoms with van der Waals surface area (Å²) < 4.78 is 12.6. The molecule has 50 valence electrons. The molecule has 1 rings (SSSR count). The summed E-state index contributed by atoms with van der Waals surface area (Å²) in [5, 5.41) is 2.87. The van der Waals surface area contributed by atoms with Gasteiger partial charge in [0, 0.05) is 0 Å². The summed E-state index contributed by atoms with van der Waals surface area (Å²) in [5.74, 6) is -0.0694. The summed E-state index contributed by atoms with van der Waals surface area (Å²) >= 11 is 0. The van der Waals surface area contributed by atoms with Crippen LogP contribution in [0.4, 0.5) is 4.39 Å². The molecule has 0 aromatic heterocycles. The van der Waals surface area contributed by atoms with Gasteiger partial charge in [-0.1, -0.05) is 6.08 Å². The third kappa shape index (κ3) is 1.56. The van der Waals surface area contributed by atoms with E-state index in [9.17, 15) is 4.39 Å². The van der Waals surface area contributed by atoms with Crippen LogP contribution in [0.1, 0.15) is 13.3 Å². The van der Waals surface area contributed by atoms with Gasteiger partial charge in [0.15, 0.2) is 0 Å². The molecular weight excluding hydrogens is 117 g/mol. The predicted octanol–water partition coefficient (Wildman–Crippen LogP) is 1.74. The number of halogens is 1. The van der Waals surface area contributed by atoms with Gasteiger partial charge in [0.2, 0.25) is 0 Å². The molecule has 1 heterocycles. The molecule has 0 unspecified atom stereocenters. The Kier molecular flexibility index (Phi) is 1.88. The van der Waals surface area contributed by atoms with Crippen LogP contribution in [-0.2, 0) is 0 Å². The van der Waals surface area contributed by atoms with E-state index in [1.165, 1.54) is 0 Å². The number of hydrogen-bond acceptors (Lipinski definition) is 1. The monoisotopic (exact) mass is 127 g/mol. The molecule has 2 heteroatoms. The van der Waals surface area contributed by atoms with Gasteiger partial charge in [0.05, 0.1) is 6.04 Å². The van der Waals surface area contributed by atoms with Crippen LogP contribution in [-0.4, -0.2) is 6.04 Å². The first-order chi connectivity index (χ1) is 4.30. The normalized spacial score (nSPS) is 26.4. The lowest BCUT2D eigenvalue weighted by molar-refractivity contribution is 0.526. The Hall–Kier alpha value is -0.790. The Morgan fingerprint density at radius 2 is 2.56 bits per heavy atom. The van der Waals surface area contributed by atoms with Crippen molar-refractivity contribution in [1.82, 2.24) is 5.32 Å². The fourth-order valence-electron chi connectivity index (χ4n) is 0.717. The molecule has 1 N–H and O–H groups in total. The zero-order chi connectivity index (χ0) is 6.69. The van der Waals surface area contributed by atoms with Crippen LogP contribution in [0.5, 0.6) is 0 Å². The Labute approximate surface area is 54.3 Å². The van der Waals surface area contributed by atoms with Crippen LogP contribution in [0.15, 0.2) is 24.2 Å². The molecule has 0 spiro atoms. The Morgan fingerprint density at radius 3 is 3.33 bits per heavy atom. The standard InChI is InChI=1S/C7H10FN/c1-6-7(8)4-2-3-5-9-6/h3-6,9H,2H2,1H3/t6-/m1/s1. The van der Waals surface area contributed by atoms with E-state index in [2.05, 4.69) is 5.32 Å². The van der Waals surface area contributed by atoms with E-state index in [4.69, 9.17) is 0 Å². The highest BCUT2D eigenvalue weighted by Crippen LogP contribution is 2.07. The van der Waals surface area contributed by atoms with E-state index in [1.807, 2.05) is 6.08 Å². The highest BCUT2D eigenvalue weighted by atomic mass is 19.1. The van der Waals surface area contributed by atoms with Crippen molar-refractivity contribution in [3.05, 3.63) is 24.2 Å². The number of nitrogens with one attached hydrogen (secondary N) is 1. The first kappa shape index (κ1) is 6.33. The summed E-state index contributed by atoms with van der Waals surface area (Å²) in [6.07, 6.45) is 5.96. The van der Waals surface area contributed by atoms with Crippen molar-refractivity contribution in [2.24, 2.45) is 0 Å². The van der Waals surface area contributed by atoms with Gasteiger partial charge in [-0.2, -0.15) is 0 Å². The largest absolute Gasteiger partial charge is 0.382 e. The fourth-order valence-corrected chi connectivity index (χ4v) is 0.717. The van der Waals surface area contributed by atoms with Crippen molar-refractivity contribution in [3.63, 3.8) is 0 Å². The molecule has 1 atom stereocenters. The maximum absolute atomic E-state index is 12.6. The van der Waals surface area contributed by atoms with Crippen LogP contribution in [0, 0.1) is 0 Å². The van der Waals surface area contributed by atoms with Crippen molar-refractivity contribution < 1.29 is 4.39 Å². The highest BCUT2D eigenvalue weighted by Gasteiger charge is 2.05. The first-order valence-corrected chi connectivity index (χ1v) is 3.07. The molecule has 9 heavy (non-hydrogen) atoms. The van der Waals surface area contributed by atoms with Gasteiger partial charge >= 0.3 is 0 Å². The molecule has 0 saturated heterocycles. The van der Waals surface area contributed by atoms with Crippen molar-refractivity contribution in [3.8, 4) is 0 Å². The lowest BCUT2D eigenvalue weighted by Gasteiger charge is -2.05. The van der Waals surface area contributed by atoms with E-state index >= 15 is 0 Å². The molecule has 0 aromatic rings. The molecule has 0 fully saturated rings. The molecule has 1 aliphatic heterocycles. The SMILES string of the molecule is C[C@H]1NC=CCC=C1F. The van der Waals surface area contributed by atoms with Gasteiger partial charge in [0.1, 0.15) is 5.83 Å². The molecule has 1 nitrogen and oxygen atoms in total. The Bertz CT molecular complexity index is 149. The van der Waals surface area contributed by atoms with Crippen LogP contribution >= 0.6 is 0 Å². The topological polar surface area (TPSA) is 12.0 Å². The average molecular weight is 127 g/mol. The molecule has 0 amide bonds. The molecule has 0 aromatic carbocycles. The summed E-state index contributed by atoms with van der Waals surface area (Å²) in [4.78, 5) is 0. The van der Waals surface area contributed by atoms with E-state index in [-0.39, 0.29) is 11.9 Å². The minimum absolute atomic E-state index is 0.0694. The van der Waals surface area contributed by atoms with E-state index < -0.39 is 0 Å². The quantitative estimate of drug-likeness (QED) is 0.522. The second kappa shape index (κ2) is 2.67. The zero-order valence-electron chi connectivity index (χ0n) is 5.39. The second-order valence-electron chi connectivity index (χ2n) is 2.12. The summed E-state index contributed by atoms with van der Waals surface area (Å²) in [5.41, 5.74) is 0. The Morgan fingerprint density at radius 1 is 1.78 bits per heavy atom. The molecule has 0 bridgehead atoms. The lowest BCUT2D eigenvalue weighted by atomic mass is 10.3. The minimum atomic E-state index is -0.149. The average Bonchev–Trinajstić information content (AvgIpc) is 1.99. The third-order valence-electron chi connectivity index (χ3n) is 1.33. The second-order valence-corrected chi connectivity index (χ2v) is 2.12. The Balaban J connectivity index is 2.62. The van der Waals surface area contributed by atoms with Crippen LogP contribution < -0.4 is 5.32 Å². The van der Waals surface area contributed by atoms with Gasteiger partial charge in [-0.15, -0.1) is 0 Å². The molecule has 1 aliphatic rings. The fraction of sp³-hybridized carbons (Fsp3) is 0.429. The van der Waals surface area contributed by atoms with Crippen molar-refractivity contribution in [1.29, 1.82) is 0 Å². The van der Waals surface area contributed by atoms with Crippen molar-refractivity contribution >= 4 is 0 Å². The third-order valence-corrected chi connectivity index (χ3v) is 1.33. The van der Waals surface area contributed by atoms with Crippen LogP contribution in [0.2, 0.25) is 0 Å². The lowest BCUT2D eigenvalue weighted by Crippen LogP contribution is -2.19. The van der Waals surface area contributed by atoms with Crippen LogP contribution in [0.3, 0.4) is 0 Å². The highest BCUT2D eigenvalue weighted by molar-refractivity contribution is 5.08. The van der Waals surface area contributed by atoms with Gasteiger partial charge in [-0.05, 0) is 25.6 Å². The van der Waals surface area contributed by atoms with Gasteiger partial charge in [-0.3, -0.25) is 0 Å². The molecule has 0 aliphatic carbocycles. The van der Waals surface area contributed by atoms with E-state index in [1.54, 1.807) is 19.2 Å². The molecular formula is C7H10FN. The minimum Gasteiger partial charge on any atom is -0.382 e. The molecule has 0 radical (unpaired) electrons.